The summed E-state index contributed by atoms with van der Waals surface area (Å²) in [6, 6.07) is 4.84. The van der Waals surface area contributed by atoms with Crippen molar-refractivity contribution in [2.45, 2.75) is 6.42 Å². The van der Waals surface area contributed by atoms with E-state index in [1.165, 1.54) is 11.4 Å². The van der Waals surface area contributed by atoms with Gasteiger partial charge in [-0.05, 0) is 24.6 Å². The van der Waals surface area contributed by atoms with Crippen LogP contribution < -0.4 is 20.1 Å². The largest absolute Gasteiger partial charge is 0.495 e. The van der Waals surface area contributed by atoms with E-state index in [1.807, 2.05) is 0 Å². The number of hydrogen-bond acceptors (Lipinski definition) is 5. The number of nitrogens with two attached hydrogens (primary N) is 1. The van der Waals surface area contributed by atoms with E-state index >= 15 is 0 Å². The summed E-state index contributed by atoms with van der Waals surface area (Å²) in [5.41, 5.74) is 6.15. The molecule has 1 aromatic carbocycles. The molecule has 1 fully saturated rings. The fraction of sp³-hybridized carbons (Fsp3) is 0.417. The van der Waals surface area contributed by atoms with Gasteiger partial charge >= 0.3 is 0 Å². The highest BCUT2D eigenvalue weighted by Crippen LogP contribution is 2.35. The molecule has 1 saturated heterocycles. The van der Waals surface area contributed by atoms with Gasteiger partial charge in [0.1, 0.15) is 5.75 Å². The molecule has 1 aromatic rings. The minimum atomic E-state index is -3.31. The van der Waals surface area contributed by atoms with E-state index < -0.39 is 10.0 Å². The first-order valence-corrected chi connectivity index (χ1v) is 7.77. The lowest BCUT2D eigenvalue weighted by atomic mass is 10.2. The fourth-order valence-corrected chi connectivity index (χ4v) is 3.65. The predicted molar refractivity (Wildman–Crippen MR) is 76.4 cm³/mol. The molecule has 1 aliphatic rings. The van der Waals surface area contributed by atoms with Crippen LogP contribution in [0.25, 0.3) is 0 Å². The Kier molecular flexibility index (Phi) is 4.15. The van der Waals surface area contributed by atoms with E-state index in [1.54, 1.807) is 18.2 Å². The second-order valence-electron chi connectivity index (χ2n) is 4.38. The first-order valence-electron chi connectivity index (χ1n) is 6.16. The maximum Gasteiger partial charge on any atom is 0.238 e. The second kappa shape index (κ2) is 5.68. The number of carbonyl (C=O) groups is 1. The van der Waals surface area contributed by atoms with Gasteiger partial charge in [0.05, 0.1) is 25.1 Å². The first-order chi connectivity index (χ1) is 9.47. The van der Waals surface area contributed by atoms with Gasteiger partial charge in [0, 0.05) is 12.2 Å². The summed E-state index contributed by atoms with van der Waals surface area (Å²) in [5.74, 6) is 0.224. The quantitative estimate of drug-likeness (QED) is 0.823. The molecule has 8 heteroatoms. The molecule has 0 saturated carbocycles. The third kappa shape index (κ3) is 2.86. The standard InChI is InChI=1S/C12H17N3O4S/c1-19-11-4-3-9(14-12(16)8-13)7-10(11)15-5-2-6-20(15,17)18/h3-4,7H,2,5-6,8,13H2,1H3,(H,14,16). The Morgan fingerprint density at radius 1 is 1.50 bits per heavy atom. The van der Waals surface area contributed by atoms with Crippen molar-refractivity contribution in [2.24, 2.45) is 5.73 Å². The van der Waals surface area contributed by atoms with Crippen LogP contribution in [0.15, 0.2) is 18.2 Å². The van der Waals surface area contributed by atoms with Gasteiger partial charge in [0.25, 0.3) is 0 Å². The van der Waals surface area contributed by atoms with Crippen LogP contribution in [0, 0.1) is 0 Å². The predicted octanol–water partition coefficient (Wildman–Crippen LogP) is 0.132. The van der Waals surface area contributed by atoms with E-state index in [2.05, 4.69) is 5.32 Å². The minimum absolute atomic E-state index is 0.121. The van der Waals surface area contributed by atoms with Crippen molar-refractivity contribution >= 4 is 27.3 Å². The summed E-state index contributed by atoms with van der Waals surface area (Å²) in [6.45, 7) is 0.274. The SMILES string of the molecule is COc1ccc(NC(=O)CN)cc1N1CCCS1(=O)=O. The van der Waals surface area contributed by atoms with Gasteiger partial charge in [0.15, 0.2) is 0 Å². The molecule has 1 aliphatic heterocycles. The lowest BCUT2D eigenvalue weighted by molar-refractivity contribution is -0.114. The second-order valence-corrected chi connectivity index (χ2v) is 6.39. The monoisotopic (exact) mass is 299 g/mol. The maximum atomic E-state index is 12.0. The van der Waals surface area contributed by atoms with Gasteiger partial charge in [0.2, 0.25) is 15.9 Å². The third-order valence-corrected chi connectivity index (χ3v) is 4.87. The molecule has 0 aromatic heterocycles. The highest BCUT2D eigenvalue weighted by atomic mass is 32.2. The highest BCUT2D eigenvalue weighted by molar-refractivity contribution is 7.93. The summed E-state index contributed by atoms with van der Waals surface area (Å²) in [7, 11) is -1.84. The molecule has 7 nitrogen and oxygen atoms in total. The Labute approximate surface area is 117 Å². The van der Waals surface area contributed by atoms with Crippen molar-refractivity contribution in [1.29, 1.82) is 0 Å². The van der Waals surface area contributed by atoms with Gasteiger partial charge in [-0.25, -0.2) is 8.42 Å². The molecule has 0 radical (unpaired) electrons. The van der Waals surface area contributed by atoms with Crippen LogP contribution in [0.2, 0.25) is 0 Å². The highest BCUT2D eigenvalue weighted by Gasteiger charge is 2.30. The van der Waals surface area contributed by atoms with Crippen LogP contribution in [-0.2, 0) is 14.8 Å². The number of nitrogens with one attached hydrogen (secondary N) is 1. The van der Waals surface area contributed by atoms with Gasteiger partial charge in [-0.1, -0.05) is 0 Å². The number of hydrogen-bond donors (Lipinski definition) is 2. The molecule has 0 spiro atoms. The lowest BCUT2D eigenvalue weighted by Gasteiger charge is -2.20. The zero-order chi connectivity index (χ0) is 14.8. The Morgan fingerprint density at radius 2 is 2.25 bits per heavy atom. The molecule has 110 valence electrons. The smallest absolute Gasteiger partial charge is 0.238 e. The molecule has 0 aliphatic carbocycles. The van der Waals surface area contributed by atoms with Crippen molar-refractivity contribution in [2.75, 3.05) is 35.6 Å². The number of sulfonamides is 1. The summed E-state index contributed by atoms with van der Waals surface area (Å²) < 4.78 is 30.5. The van der Waals surface area contributed by atoms with Crippen LogP contribution in [0.5, 0.6) is 5.75 Å². The summed E-state index contributed by atoms with van der Waals surface area (Å²) >= 11 is 0. The number of amides is 1. The number of rotatable bonds is 4. The number of ether oxygens (including phenoxy) is 1. The molecular weight excluding hydrogens is 282 g/mol. The molecular formula is C12H17N3O4S. The number of benzene rings is 1. The average Bonchev–Trinajstić information content (AvgIpc) is 2.78. The van der Waals surface area contributed by atoms with Gasteiger partial charge in [-0.2, -0.15) is 0 Å². The number of anilines is 2. The Hall–Kier alpha value is -1.80. The van der Waals surface area contributed by atoms with Gasteiger partial charge in [-0.3, -0.25) is 9.10 Å². The topological polar surface area (TPSA) is 102 Å². The van der Waals surface area contributed by atoms with Crippen LogP contribution in [-0.4, -0.2) is 40.3 Å². The Morgan fingerprint density at radius 3 is 2.80 bits per heavy atom. The van der Waals surface area contributed by atoms with Crippen molar-refractivity contribution in [3.8, 4) is 5.75 Å². The minimum Gasteiger partial charge on any atom is -0.495 e. The van der Waals surface area contributed by atoms with Crippen LogP contribution in [0.1, 0.15) is 6.42 Å². The molecule has 0 bridgehead atoms. The molecule has 1 heterocycles. The lowest BCUT2D eigenvalue weighted by Crippen LogP contribution is -2.26. The molecule has 0 atom stereocenters. The van der Waals surface area contributed by atoms with Gasteiger partial charge < -0.3 is 15.8 Å². The fourth-order valence-electron chi connectivity index (χ4n) is 2.08. The molecule has 1 amide bonds. The van der Waals surface area contributed by atoms with Crippen LogP contribution in [0.3, 0.4) is 0 Å². The number of nitrogens with zero attached hydrogens (tertiary/aromatic N) is 1. The zero-order valence-corrected chi connectivity index (χ0v) is 11.9. The zero-order valence-electron chi connectivity index (χ0n) is 11.1. The summed E-state index contributed by atoms with van der Waals surface area (Å²) in [6.07, 6.45) is 0.574. The van der Waals surface area contributed by atoms with E-state index in [0.29, 0.717) is 30.1 Å². The van der Waals surface area contributed by atoms with E-state index in [9.17, 15) is 13.2 Å². The van der Waals surface area contributed by atoms with Crippen molar-refractivity contribution in [1.82, 2.24) is 0 Å². The van der Waals surface area contributed by atoms with Gasteiger partial charge in [-0.15, -0.1) is 0 Å². The number of methoxy groups -OCH3 is 1. The summed E-state index contributed by atoms with van der Waals surface area (Å²) in [5, 5.41) is 2.59. The van der Waals surface area contributed by atoms with E-state index in [0.717, 1.165) is 0 Å². The maximum absolute atomic E-state index is 12.0. The van der Waals surface area contributed by atoms with Crippen LogP contribution in [0.4, 0.5) is 11.4 Å². The molecule has 0 unspecified atom stereocenters. The van der Waals surface area contributed by atoms with E-state index in [4.69, 9.17) is 10.5 Å². The van der Waals surface area contributed by atoms with Crippen molar-refractivity contribution < 1.29 is 17.9 Å². The molecule has 20 heavy (non-hydrogen) atoms. The molecule has 2 rings (SSSR count). The first kappa shape index (κ1) is 14.6. The Bertz CT molecular complexity index is 615. The third-order valence-electron chi connectivity index (χ3n) is 3.02. The summed E-state index contributed by atoms with van der Waals surface area (Å²) in [4.78, 5) is 11.3. The molecule has 3 N–H and O–H groups in total. The number of carbonyl (C=O) groups excluding carboxylic acids is 1. The van der Waals surface area contributed by atoms with Crippen molar-refractivity contribution in [3.63, 3.8) is 0 Å². The average molecular weight is 299 g/mol. The Balaban J connectivity index is 2.39. The van der Waals surface area contributed by atoms with Crippen molar-refractivity contribution in [3.05, 3.63) is 18.2 Å². The normalized spacial score (nSPS) is 17.0. The van der Waals surface area contributed by atoms with Crippen LogP contribution >= 0.6 is 0 Å². The van der Waals surface area contributed by atoms with E-state index in [-0.39, 0.29) is 18.2 Å².